The largest absolute Gasteiger partial charge is 0.489 e. The number of carbonyl (C=O) groups excluding carboxylic acids is 4. The number of amides is 3. The predicted molar refractivity (Wildman–Crippen MR) is 163 cm³/mol. The van der Waals surface area contributed by atoms with Crippen LogP contribution in [0.2, 0.25) is 0 Å². The highest BCUT2D eigenvalue weighted by molar-refractivity contribution is 6.35. The number of benzene rings is 3. The Labute approximate surface area is 255 Å². The molecule has 10 nitrogen and oxygen atoms in total. The summed E-state index contributed by atoms with van der Waals surface area (Å²) < 4.78 is 5.97. The van der Waals surface area contributed by atoms with Crippen LogP contribution < -0.4 is 10.1 Å². The molecule has 0 bridgehead atoms. The van der Waals surface area contributed by atoms with E-state index in [0.29, 0.717) is 23.5 Å². The molecule has 3 aromatic rings. The Morgan fingerprint density at radius 3 is 2.14 bits per heavy atom. The second-order valence-electron chi connectivity index (χ2n) is 10.8. The van der Waals surface area contributed by atoms with Gasteiger partial charge in [0.2, 0.25) is 11.8 Å². The Morgan fingerprint density at radius 2 is 1.55 bits per heavy atom. The van der Waals surface area contributed by atoms with Gasteiger partial charge >= 0.3 is 5.97 Å². The van der Waals surface area contributed by atoms with E-state index < -0.39 is 42.2 Å². The molecule has 0 saturated heterocycles. The zero-order valence-corrected chi connectivity index (χ0v) is 24.8. The first kappa shape index (κ1) is 31.7. The number of ether oxygens (including phenoxy) is 1. The van der Waals surface area contributed by atoms with Crippen LogP contribution in [-0.4, -0.2) is 63.0 Å². The lowest BCUT2D eigenvalue weighted by Crippen LogP contribution is -2.56. The molecule has 44 heavy (non-hydrogen) atoms. The van der Waals surface area contributed by atoms with Crippen LogP contribution in [0, 0.1) is 5.92 Å². The van der Waals surface area contributed by atoms with Gasteiger partial charge in [0.15, 0.2) is 0 Å². The Morgan fingerprint density at radius 1 is 0.909 bits per heavy atom. The summed E-state index contributed by atoms with van der Waals surface area (Å²) in [5, 5.41) is 11.9. The van der Waals surface area contributed by atoms with Crippen molar-refractivity contribution in [2.24, 2.45) is 5.92 Å². The van der Waals surface area contributed by atoms with Crippen LogP contribution in [0.15, 0.2) is 91.1 Å². The smallest absolute Gasteiger partial charge is 0.374 e. The standard InChI is InChI=1S/C34H35N3O7/c1-22(2)31-33(41)37(20-30(39)35-28(32(40)34(42)43)17-24-11-6-4-7-12-24)29(19-36(31)23(3)38)26-15-10-16-27(18-26)44-21-25-13-8-5-9-14-25/h4-16,18-19,22,28,31H,17,20-21H2,1-3H3,(H,35,39)(H,42,43)/t28-,31+/m0/s1. The molecule has 1 heterocycles. The van der Waals surface area contributed by atoms with Gasteiger partial charge in [0, 0.05) is 25.1 Å². The molecule has 228 valence electrons. The van der Waals surface area contributed by atoms with Gasteiger partial charge in [-0.05, 0) is 29.2 Å². The number of carboxylic acid groups (broad SMARTS) is 1. The highest BCUT2D eigenvalue weighted by atomic mass is 16.5. The molecule has 0 aliphatic carbocycles. The highest BCUT2D eigenvalue weighted by Crippen LogP contribution is 2.31. The number of hydrogen-bond donors (Lipinski definition) is 2. The van der Waals surface area contributed by atoms with Crippen molar-refractivity contribution >= 4 is 35.2 Å². The quantitative estimate of drug-likeness (QED) is 0.305. The number of ketones is 1. The maximum Gasteiger partial charge on any atom is 0.374 e. The third-order valence-corrected chi connectivity index (χ3v) is 7.19. The van der Waals surface area contributed by atoms with Gasteiger partial charge in [-0.15, -0.1) is 0 Å². The molecule has 4 rings (SSSR count). The fourth-order valence-corrected chi connectivity index (χ4v) is 5.04. The van der Waals surface area contributed by atoms with Crippen LogP contribution in [0.25, 0.3) is 5.70 Å². The predicted octanol–water partition coefficient (Wildman–Crippen LogP) is 3.66. The van der Waals surface area contributed by atoms with E-state index in [2.05, 4.69) is 5.32 Å². The molecule has 0 saturated carbocycles. The van der Waals surface area contributed by atoms with Crippen LogP contribution in [0.5, 0.6) is 5.75 Å². The average molecular weight is 598 g/mol. The zero-order valence-electron chi connectivity index (χ0n) is 24.8. The number of nitrogens with zero attached hydrogens (tertiary/aromatic N) is 2. The number of carbonyl (C=O) groups is 5. The molecule has 0 radical (unpaired) electrons. The maximum absolute atomic E-state index is 13.9. The number of rotatable bonds is 12. The minimum atomic E-state index is -1.68. The first-order valence-corrected chi connectivity index (χ1v) is 14.2. The monoisotopic (exact) mass is 597 g/mol. The van der Waals surface area contributed by atoms with E-state index in [4.69, 9.17) is 4.74 Å². The molecule has 0 aromatic heterocycles. The highest BCUT2D eigenvalue weighted by Gasteiger charge is 2.40. The third-order valence-electron chi connectivity index (χ3n) is 7.19. The van der Waals surface area contributed by atoms with E-state index in [0.717, 1.165) is 5.56 Å². The minimum absolute atomic E-state index is 0.0398. The van der Waals surface area contributed by atoms with Crippen molar-refractivity contribution in [2.75, 3.05) is 6.54 Å². The molecule has 1 aliphatic rings. The summed E-state index contributed by atoms with van der Waals surface area (Å²) in [5.41, 5.74) is 2.43. The first-order valence-electron chi connectivity index (χ1n) is 14.2. The van der Waals surface area contributed by atoms with Gasteiger partial charge in [-0.2, -0.15) is 0 Å². The number of Topliss-reactive ketones (excluding diaryl/α,β-unsaturated/α-hetero) is 1. The van der Waals surface area contributed by atoms with Crippen LogP contribution in [0.3, 0.4) is 0 Å². The van der Waals surface area contributed by atoms with Crippen LogP contribution in [0.1, 0.15) is 37.5 Å². The summed E-state index contributed by atoms with van der Waals surface area (Å²) in [5.74, 6) is -4.17. The van der Waals surface area contributed by atoms with Gasteiger partial charge in [0.25, 0.3) is 11.7 Å². The fraction of sp³-hybridized carbons (Fsp3) is 0.265. The molecule has 0 unspecified atom stereocenters. The molecule has 3 aromatic carbocycles. The van der Waals surface area contributed by atoms with Gasteiger partial charge < -0.3 is 20.1 Å². The molecule has 2 N–H and O–H groups in total. The van der Waals surface area contributed by atoms with Crippen molar-refractivity contribution < 1.29 is 33.8 Å². The normalized spacial score (nSPS) is 15.4. The second-order valence-corrected chi connectivity index (χ2v) is 10.8. The molecular weight excluding hydrogens is 562 g/mol. The van der Waals surface area contributed by atoms with Gasteiger partial charge in [-0.3, -0.25) is 24.1 Å². The summed E-state index contributed by atoms with van der Waals surface area (Å²) in [6.45, 7) is 4.77. The first-order chi connectivity index (χ1) is 21.0. The maximum atomic E-state index is 13.9. The van der Waals surface area contributed by atoms with E-state index in [1.165, 1.54) is 16.7 Å². The van der Waals surface area contributed by atoms with Gasteiger partial charge in [-0.25, -0.2) is 4.79 Å². The number of hydrogen-bond acceptors (Lipinski definition) is 6. The van der Waals surface area contributed by atoms with E-state index >= 15 is 0 Å². The van der Waals surface area contributed by atoms with Crippen molar-refractivity contribution in [1.29, 1.82) is 0 Å². The van der Waals surface area contributed by atoms with Gasteiger partial charge in [0.05, 0.1) is 5.70 Å². The lowest BCUT2D eigenvalue weighted by Gasteiger charge is -2.40. The Balaban J connectivity index is 1.64. The van der Waals surface area contributed by atoms with Crippen LogP contribution in [0.4, 0.5) is 0 Å². The average Bonchev–Trinajstić information content (AvgIpc) is 3.01. The fourth-order valence-electron chi connectivity index (χ4n) is 5.04. The lowest BCUT2D eigenvalue weighted by molar-refractivity contribution is -0.150. The summed E-state index contributed by atoms with van der Waals surface area (Å²) in [6.07, 6.45) is 1.50. The van der Waals surface area contributed by atoms with Crippen molar-refractivity contribution in [3.05, 3.63) is 108 Å². The molecular formula is C34H35N3O7. The van der Waals surface area contributed by atoms with E-state index in [-0.39, 0.29) is 23.9 Å². The molecule has 2 atom stereocenters. The van der Waals surface area contributed by atoms with Crippen LogP contribution >= 0.6 is 0 Å². The molecule has 1 aliphatic heterocycles. The van der Waals surface area contributed by atoms with Crippen molar-refractivity contribution in [3.63, 3.8) is 0 Å². The Kier molecular flexibility index (Phi) is 10.3. The Bertz CT molecular complexity index is 1550. The molecule has 3 amide bonds. The molecule has 10 heteroatoms. The number of aliphatic carboxylic acids is 1. The second kappa shape index (κ2) is 14.3. The van der Waals surface area contributed by atoms with Crippen molar-refractivity contribution in [2.45, 2.75) is 45.9 Å². The summed E-state index contributed by atoms with van der Waals surface area (Å²) in [7, 11) is 0. The number of nitrogens with one attached hydrogen (secondary N) is 1. The summed E-state index contributed by atoms with van der Waals surface area (Å²) >= 11 is 0. The molecule has 0 fully saturated rings. The SMILES string of the molecule is CC(=O)N1C=C(c2cccc(OCc3ccccc3)c2)N(CC(=O)N[C@@H](Cc2ccccc2)C(=O)C(=O)O)C(=O)[C@H]1C(C)C. The number of carboxylic acids is 1. The van der Waals surface area contributed by atoms with E-state index in [9.17, 15) is 29.1 Å². The van der Waals surface area contributed by atoms with Crippen molar-refractivity contribution in [1.82, 2.24) is 15.1 Å². The van der Waals surface area contributed by atoms with E-state index in [1.54, 1.807) is 74.6 Å². The topological polar surface area (TPSA) is 133 Å². The lowest BCUT2D eigenvalue weighted by atomic mass is 9.97. The summed E-state index contributed by atoms with van der Waals surface area (Å²) in [4.78, 5) is 66.7. The minimum Gasteiger partial charge on any atom is -0.489 e. The zero-order chi connectivity index (χ0) is 31.8. The molecule has 0 spiro atoms. The van der Waals surface area contributed by atoms with Crippen molar-refractivity contribution in [3.8, 4) is 5.75 Å². The van der Waals surface area contributed by atoms with Gasteiger partial charge in [-0.1, -0.05) is 86.6 Å². The third kappa shape index (κ3) is 7.77. The van der Waals surface area contributed by atoms with E-state index in [1.807, 2.05) is 30.3 Å². The Hall–Kier alpha value is -5.25. The summed E-state index contributed by atoms with van der Waals surface area (Å²) in [6, 6.07) is 23.0. The van der Waals surface area contributed by atoms with Crippen LogP contribution in [-0.2, 0) is 37.0 Å². The van der Waals surface area contributed by atoms with Gasteiger partial charge in [0.1, 0.15) is 31.0 Å².